The van der Waals surface area contributed by atoms with Crippen LogP contribution < -0.4 is 0 Å². The second kappa shape index (κ2) is 10.2. The van der Waals surface area contributed by atoms with Crippen LogP contribution in [0.3, 0.4) is 0 Å². The predicted octanol–water partition coefficient (Wildman–Crippen LogP) is 4.14. The molecule has 7 heteroatoms. The van der Waals surface area contributed by atoms with Gasteiger partial charge in [0.1, 0.15) is 11.4 Å². The van der Waals surface area contributed by atoms with Gasteiger partial charge in [-0.2, -0.15) is 0 Å². The van der Waals surface area contributed by atoms with Crippen molar-refractivity contribution in [1.29, 1.82) is 0 Å². The van der Waals surface area contributed by atoms with Crippen LogP contribution in [-0.2, 0) is 16.0 Å². The number of benzene rings is 1. The number of hydrogen-bond donors (Lipinski definition) is 1. The monoisotopic (exact) mass is 422 g/mol. The van der Waals surface area contributed by atoms with Crippen molar-refractivity contribution in [2.24, 2.45) is 5.92 Å². The van der Waals surface area contributed by atoms with Gasteiger partial charge in [0, 0.05) is 39.4 Å². The minimum atomic E-state index is -0.796. The van der Waals surface area contributed by atoms with Gasteiger partial charge in [0.15, 0.2) is 0 Å². The van der Waals surface area contributed by atoms with Gasteiger partial charge >= 0.3 is 12.1 Å². The molecule has 2 atom stereocenters. The Kier molecular flexibility index (Phi) is 8.24. The first-order valence-corrected chi connectivity index (χ1v) is 10.6. The summed E-state index contributed by atoms with van der Waals surface area (Å²) < 4.78 is 20.0. The van der Waals surface area contributed by atoms with Crippen molar-refractivity contribution in [3.05, 3.63) is 35.1 Å². The Hall–Kier alpha value is -2.15. The van der Waals surface area contributed by atoms with E-state index < -0.39 is 11.6 Å². The second-order valence-electron chi connectivity index (χ2n) is 8.94. The van der Waals surface area contributed by atoms with Crippen molar-refractivity contribution in [1.82, 2.24) is 9.80 Å². The molecule has 0 saturated carbocycles. The largest absolute Gasteiger partial charge is 0.481 e. The van der Waals surface area contributed by atoms with Crippen molar-refractivity contribution >= 4 is 12.1 Å². The molecular formula is C23H35FN2O4. The lowest BCUT2D eigenvalue weighted by atomic mass is 9.65. The lowest BCUT2D eigenvalue weighted by Gasteiger charge is -2.47. The first-order valence-electron chi connectivity index (χ1n) is 10.6. The third kappa shape index (κ3) is 5.94. The van der Waals surface area contributed by atoms with E-state index >= 15 is 0 Å². The molecule has 30 heavy (non-hydrogen) atoms. The average Bonchev–Trinajstić information content (AvgIpc) is 2.65. The number of ether oxygens (including phenoxy) is 1. The first kappa shape index (κ1) is 24.1. The van der Waals surface area contributed by atoms with Gasteiger partial charge in [-0.3, -0.25) is 4.79 Å². The average molecular weight is 423 g/mol. The summed E-state index contributed by atoms with van der Waals surface area (Å²) in [5.74, 6) is -0.886. The van der Waals surface area contributed by atoms with Crippen LogP contribution in [0.1, 0.15) is 56.6 Å². The van der Waals surface area contributed by atoms with Crippen molar-refractivity contribution in [2.45, 2.75) is 57.5 Å². The van der Waals surface area contributed by atoms with Gasteiger partial charge in [-0.25, -0.2) is 9.18 Å². The molecule has 1 aliphatic rings. The van der Waals surface area contributed by atoms with Gasteiger partial charge in [0.25, 0.3) is 0 Å². The molecule has 0 bridgehead atoms. The minimum absolute atomic E-state index is 0.0434. The van der Waals surface area contributed by atoms with E-state index in [1.165, 1.54) is 11.0 Å². The summed E-state index contributed by atoms with van der Waals surface area (Å²) in [6.07, 6.45) is 2.26. The SMILES string of the molecule is CC(C)C1c2ccc(F)cc2CC[C@@]1(CCN(C)CCCC(=O)O)OC(=O)N(C)C. The second-order valence-corrected chi connectivity index (χ2v) is 8.94. The summed E-state index contributed by atoms with van der Waals surface area (Å²) in [4.78, 5) is 26.9. The normalized spacial score (nSPS) is 20.9. The molecule has 0 aliphatic heterocycles. The molecule has 2 rings (SSSR count). The van der Waals surface area contributed by atoms with Gasteiger partial charge in [-0.15, -0.1) is 0 Å². The molecule has 1 aliphatic carbocycles. The van der Waals surface area contributed by atoms with Crippen LogP contribution in [0.15, 0.2) is 18.2 Å². The van der Waals surface area contributed by atoms with Gasteiger partial charge in [0.05, 0.1) is 0 Å². The quantitative estimate of drug-likeness (QED) is 0.648. The van der Waals surface area contributed by atoms with Crippen molar-refractivity contribution in [3.63, 3.8) is 0 Å². The molecule has 0 heterocycles. The molecule has 0 saturated heterocycles. The number of carbonyl (C=O) groups excluding carboxylic acids is 1. The zero-order valence-corrected chi connectivity index (χ0v) is 18.8. The van der Waals surface area contributed by atoms with E-state index in [0.717, 1.165) is 11.1 Å². The Balaban J connectivity index is 2.29. The van der Waals surface area contributed by atoms with Gasteiger partial charge < -0.3 is 19.6 Å². The number of hydrogen-bond acceptors (Lipinski definition) is 4. The van der Waals surface area contributed by atoms with Crippen LogP contribution in [0.4, 0.5) is 9.18 Å². The molecule has 1 amide bonds. The van der Waals surface area contributed by atoms with Crippen LogP contribution in [0.5, 0.6) is 0 Å². The van der Waals surface area contributed by atoms with Crippen molar-refractivity contribution in [3.8, 4) is 0 Å². The highest BCUT2D eigenvalue weighted by Crippen LogP contribution is 2.48. The minimum Gasteiger partial charge on any atom is -0.481 e. The van der Waals surface area contributed by atoms with Crippen LogP contribution in [0, 0.1) is 11.7 Å². The number of fused-ring (bicyclic) bond motifs is 1. The number of aliphatic carboxylic acids is 1. The third-order valence-corrected chi connectivity index (χ3v) is 5.99. The number of rotatable bonds is 9. The molecular weight excluding hydrogens is 387 g/mol. The summed E-state index contributed by atoms with van der Waals surface area (Å²) in [6.45, 7) is 5.56. The number of carbonyl (C=O) groups is 2. The molecule has 0 spiro atoms. The first-order chi connectivity index (χ1) is 14.1. The number of carboxylic acids is 1. The highest BCUT2D eigenvalue weighted by atomic mass is 19.1. The fraction of sp³-hybridized carbons (Fsp3) is 0.652. The topological polar surface area (TPSA) is 70.1 Å². The molecule has 1 N–H and O–H groups in total. The van der Waals surface area contributed by atoms with E-state index in [0.29, 0.717) is 38.8 Å². The molecule has 1 aromatic carbocycles. The maximum atomic E-state index is 13.8. The zero-order valence-electron chi connectivity index (χ0n) is 18.8. The van der Waals surface area contributed by atoms with Crippen LogP contribution in [0.2, 0.25) is 0 Å². The number of aryl methyl sites for hydroxylation is 1. The maximum Gasteiger partial charge on any atom is 0.409 e. The maximum absolute atomic E-state index is 13.8. The summed E-state index contributed by atoms with van der Waals surface area (Å²) in [6, 6.07) is 4.92. The van der Waals surface area contributed by atoms with E-state index in [1.54, 1.807) is 20.2 Å². The molecule has 1 aromatic rings. The number of carboxylic acid groups (broad SMARTS) is 1. The highest BCUT2D eigenvalue weighted by molar-refractivity contribution is 5.68. The van der Waals surface area contributed by atoms with E-state index in [2.05, 4.69) is 18.7 Å². The Morgan fingerprint density at radius 2 is 1.97 bits per heavy atom. The molecule has 0 fully saturated rings. The van der Waals surface area contributed by atoms with Gasteiger partial charge in [-0.1, -0.05) is 19.9 Å². The smallest absolute Gasteiger partial charge is 0.409 e. The molecule has 1 unspecified atom stereocenters. The van der Waals surface area contributed by atoms with E-state index in [9.17, 15) is 14.0 Å². The van der Waals surface area contributed by atoms with Crippen LogP contribution in [0.25, 0.3) is 0 Å². The van der Waals surface area contributed by atoms with Crippen LogP contribution in [-0.4, -0.2) is 66.8 Å². The fourth-order valence-electron chi connectivity index (χ4n) is 4.55. The van der Waals surface area contributed by atoms with E-state index in [-0.39, 0.29) is 30.2 Å². The summed E-state index contributed by atoms with van der Waals surface area (Å²) in [5.41, 5.74) is 1.35. The van der Waals surface area contributed by atoms with Crippen molar-refractivity contribution in [2.75, 3.05) is 34.2 Å². The standard InChI is InChI=1S/C23H35FN2O4/c1-16(2)21-19-9-8-18(24)15-17(19)10-11-23(21,30-22(29)25(3)4)12-14-26(5)13-6-7-20(27)28/h8-9,15-16,21H,6-7,10-14H2,1-5H3,(H,27,28)/t21?,23-/m0/s1. The number of nitrogens with zero attached hydrogens (tertiary/aromatic N) is 2. The zero-order chi connectivity index (χ0) is 22.5. The predicted molar refractivity (Wildman–Crippen MR) is 114 cm³/mol. The fourth-order valence-corrected chi connectivity index (χ4v) is 4.55. The van der Waals surface area contributed by atoms with Gasteiger partial charge in [0.2, 0.25) is 0 Å². The number of amides is 1. The van der Waals surface area contributed by atoms with Gasteiger partial charge in [-0.05, 0) is 62.0 Å². The van der Waals surface area contributed by atoms with E-state index in [1.807, 2.05) is 13.1 Å². The highest BCUT2D eigenvalue weighted by Gasteiger charge is 2.48. The molecule has 0 radical (unpaired) electrons. The number of halogens is 1. The Bertz CT molecular complexity index is 753. The summed E-state index contributed by atoms with van der Waals surface area (Å²) >= 11 is 0. The molecule has 0 aromatic heterocycles. The van der Waals surface area contributed by atoms with E-state index in [4.69, 9.17) is 9.84 Å². The van der Waals surface area contributed by atoms with Crippen molar-refractivity contribution < 1.29 is 23.8 Å². The summed E-state index contributed by atoms with van der Waals surface area (Å²) in [7, 11) is 5.30. The molecule has 168 valence electrons. The lowest BCUT2D eigenvalue weighted by molar-refractivity contribution is -0.137. The van der Waals surface area contributed by atoms with Crippen LogP contribution >= 0.6 is 0 Å². The summed E-state index contributed by atoms with van der Waals surface area (Å²) in [5, 5.41) is 8.85. The Morgan fingerprint density at radius 1 is 1.27 bits per heavy atom. The Labute approximate surface area is 179 Å². The third-order valence-electron chi connectivity index (χ3n) is 5.99. The lowest BCUT2D eigenvalue weighted by Crippen LogP contribution is -2.50. The molecule has 6 nitrogen and oxygen atoms in total. The Morgan fingerprint density at radius 3 is 2.57 bits per heavy atom.